The molecule has 1 rings (SSSR count). The minimum atomic E-state index is -0.329. The lowest BCUT2D eigenvalue weighted by atomic mass is 10.2. The Labute approximate surface area is 78.7 Å². The molecule has 0 aromatic rings. The van der Waals surface area contributed by atoms with Gasteiger partial charge in [0.1, 0.15) is 0 Å². The molecule has 4 heteroatoms. The van der Waals surface area contributed by atoms with Crippen molar-refractivity contribution in [1.82, 2.24) is 0 Å². The van der Waals surface area contributed by atoms with Crippen LogP contribution in [0.3, 0.4) is 0 Å². The summed E-state index contributed by atoms with van der Waals surface area (Å²) < 4.78 is 0. The molecule has 4 N–H and O–H groups in total. The van der Waals surface area contributed by atoms with E-state index in [-0.39, 0.29) is 11.8 Å². The third-order valence-electron chi connectivity index (χ3n) is 1.45. The number of amides is 2. The number of nitrogens with two attached hydrogens (primary N) is 2. The Morgan fingerprint density at radius 2 is 1.15 bits per heavy atom. The van der Waals surface area contributed by atoms with Gasteiger partial charge in [-0.25, -0.2) is 0 Å². The van der Waals surface area contributed by atoms with Crippen molar-refractivity contribution in [1.29, 1.82) is 0 Å². The molecular weight excluding hydrogens is 168 g/mol. The summed E-state index contributed by atoms with van der Waals surface area (Å²) in [6.07, 6.45) is 6.48. The monoisotopic (exact) mass is 186 g/mol. The molecule has 0 radical (unpaired) electrons. The topological polar surface area (TPSA) is 86.2 Å². The van der Waals surface area contributed by atoms with Crippen LogP contribution in [0.1, 0.15) is 44.9 Å². The molecule has 0 atom stereocenters. The molecule has 0 aromatic heterocycles. The second-order valence-electron chi connectivity index (χ2n) is 3.20. The third kappa shape index (κ3) is 18.2. The third-order valence-corrected chi connectivity index (χ3v) is 1.45. The predicted octanol–water partition coefficient (Wildman–Crippen LogP) is 0.688. The minimum absolute atomic E-state index is 0.329. The predicted molar refractivity (Wildman–Crippen MR) is 50.7 cm³/mol. The largest absolute Gasteiger partial charge is 0.370 e. The molecule has 0 saturated heterocycles. The van der Waals surface area contributed by atoms with E-state index in [9.17, 15) is 9.59 Å². The van der Waals surface area contributed by atoms with Crippen molar-refractivity contribution in [2.75, 3.05) is 0 Å². The molecule has 0 aliphatic heterocycles. The molecule has 2 amide bonds. The fourth-order valence-corrected chi connectivity index (χ4v) is 0.598. The van der Waals surface area contributed by atoms with E-state index in [1.807, 2.05) is 0 Å². The Morgan fingerprint density at radius 3 is 1.31 bits per heavy atom. The van der Waals surface area contributed by atoms with Crippen LogP contribution in [0.5, 0.6) is 0 Å². The van der Waals surface area contributed by atoms with Gasteiger partial charge >= 0.3 is 0 Å². The normalized spacial score (nSPS) is 12.6. The highest BCUT2D eigenvalue weighted by Gasteiger charge is 1.96. The quantitative estimate of drug-likeness (QED) is 0.619. The summed E-state index contributed by atoms with van der Waals surface area (Å²) in [6, 6.07) is 0. The van der Waals surface area contributed by atoms with Crippen LogP contribution in [0.4, 0.5) is 0 Å². The second-order valence-corrected chi connectivity index (χ2v) is 3.20. The van der Waals surface area contributed by atoms with Gasteiger partial charge in [-0.3, -0.25) is 9.59 Å². The van der Waals surface area contributed by atoms with Crippen LogP contribution in [0.25, 0.3) is 0 Å². The van der Waals surface area contributed by atoms with Crippen molar-refractivity contribution < 1.29 is 9.59 Å². The number of primary amides is 2. The van der Waals surface area contributed by atoms with Gasteiger partial charge < -0.3 is 11.5 Å². The number of hydrogen-bond acceptors (Lipinski definition) is 2. The van der Waals surface area contributed by atoms with Crippen LogP contribution in [0.15, 0.2) is 0 Å². The van der Waals surface area contributed by atoms with Crippen molar-refractivity contribution in [2.24, 2.45) is 11.5 Å². The van der Waals surface area contributed by atoms with E-state index in [1.54, 1.807) is 0 Å². The maximum absolute atomic E-state index is 10.2. The first kappa shape index (κ1) is 11.9. The summed E-state index contributed by atoms with van der Waals surface area (Å²) in [5.74, 6) is -0.658. The standard InChI is InChI=1S/C6H12N2O2.C3H6/c7-5(9)3-1-2-4-6(8)10;1-2-3-1/h1-4H2,(H2,7,9)(H2,8,10);1-3H2. The number of carbonyl (C=O) groups excluding carboxylic acids is 2. The Bertz CT molecular complexity index is 148. The number of unbranched alkanes of at least 4 members (excludes halogenated alkanes) is 1. The Kier molecular flexibility index (Phi) is 6.96. The van der Waals surface area contributed by atoms with E-state index in [0.717, 1.165) is 0 Å². The SMILES string of the molecule is C1CC1.NC(=O)CCCCC(N)=O. The molecule has 1 saturated carbocycles. The van der Waals surface area contributed by atoms with E-state index >= 15 is 0 Å². The van der Waals surface area contributed by atoms with Gasteiger partial charge in [-0.2, -0.15) is 0 Å². The van der Waals surface area contributed by atoms with Crippen molar-refractivity contribution in [3.8, 4) is 0 Å². The molecule has 0 unspecified atom stereocenters. The molecule has 0 bridgehead atoms. The Hall–Kier alpha value is -1.06. The molecule has 4 nitrogen and oxygen atoms in total. The molecule has 0 aromatic carbocycles. The highest BCUT2D eigenvalue weighted by molar-refractivity contribution is 5.74. The molecule has 0 spiro atoms. The summed E-state index contributed by atoms with van der Waals surface area (Å²) in [6.45, 7) is 0. The lowest BCUT2D eigenvalue weighted by Crippen LogP contribution is -2.12. The number of hydrogen-bond donors (Lipinski definition) is 2. The van der Waals surface area contributed by atoms with E-state index in [0.29, 0.717) is 25.7 Å². The fourth-order valence-electron chi connectivity index (χ4n) is 0.598. The summed E-state index contributed by atoms with van der Waals surface area (Å²) in [5, 5.41) is 0. The second kappa shape index (κ2) is 7.58. The van der Waals surface area contributed by atoms with Gasteiger partial charge in [0.2, 0.25) is 11.8 Å². The first-order valence-electron chi connectivity index (χ1n) is 4.69. The molecule has 0 heterocycles. The first-order valence-corrected chi connectivity index (χ1v) is 4.69. The van der Waals surface area contributed by atoms with Gasteiger partial charge in [-0.15, -0.1) is 0 Å². The zero-order valence-corrected chi connectivity index (χ0v) is 7.92. The first-order chi connectivity index (χ1) is 6.13. The van der Waals surface area contributed by atoms with Gasteiger partial charge in [0.25, 0.3) is 0 Å². The average Bonchev–Trinajstić information content (AvgIpc) is 2.82. The zero-order valence-electron chi connectivity index (χ0n) is 7.92. The molecule has 76 valence electrons. The minimum Gasteiger partial charge on any atom is -0.370 e. The van der Waals surface area contributed by atoms with Gasteiger partial charge in [0, 0.05) is 12.8 Å². The van der Waals surface area contributed by atoms with Crippen LogP contribution in [0, 0.1) is 0 Å². The molecule has 13 heavy (non-hydrogen) atoms. The van der Waals surface area contributed by atoms with Gasteiger partial charge in [-0.05, 0) is 12.8 Å². The Morgan fingerprint density at radius 1 is 0.846 bits per heavy atom. The number of rotatable bonds is 5. The lowest BCUT2D eigenvalue weighted by molar-refractivity contribution is -0.119. The summed E-state index contributed by atoms with van der Waals surface area (Å²) in [7, 11) is 0. The summed E-state index contributed by atoms with van der Waals surface area (Å²) in [5.41, 5.74) is 9.71. The van der Waals surface area contributed by atoms with Crippen molar-refractivity contribution in [3.63, 3.8) is 0 Å². The van der Waals surface area contributed by atoms with Crippen LogP contribution >= 0.6 is 0 Å². The zero-order chi connectivity index (χ0) is 10.1. The lowest BCUT2D eigenvalue weighted by Gasteiger charge is -1.93. The molecule has 1 aliphatic rings. The van der Waals surface area contributed by atoms with Crippen LogP contribution in [-0.4, -0.2) is 11.8 Å². The van der Waals surface area contributed by atoms with Crippen LogP contribution < -0.4 is 11.5 Å². The highest BCUT2D eigenvalue weighted by atomic mass is 16.1. The number of carbonyl (C=O) groups is 2. The molecular formula is C9H18N2O2. The van der Waals surface area contributed by atoms with Gasteiger partial charge in [0.05, 0.1) is 0 Å². The van der Waals surface area contributed by atoms with E-state index in [2.05, 4.69) is 0 Å². The summed E-state index contributed by atoms with van der Waals surface area (Å²) in [4.78, 5) is 20.3. The Balaban J connectivity index is 0.000000396. The van der Waals surface area contributed by atoms with Crippen molar-refractivity contribution >= 4 is 11.8 Å². The summed E-state index contributed by atoms with van der Waals surface area (Å²) >= 11 is 0. The van der Waals surface area contributed by atoms with Crippen LogP contribution in [-0.2, 0) is 9.59 Å². The van der Waals surface area contributed by atoms with E-state index < -0.39 is 0 Å². The average molecular weight is 186 g/mol. The van der Waals surface area contributed by atoms with Gasteiger partial charge in [-0.1, -0.05) is 19.3 Å². The molecule has 1 fully saturated rings. The fraction of sp³-hybridized carbons (Fsp3) is 0.778. The van der Waals surface area contributed by atoms with E-state index in [1.165, 1.54) is 19.3 Å². The maximum Gasteiger partial charge on any atom is 0.217 e. The van der Waals surface area contributed by atoms with Crippen LogP contribution in [0.2, 0.25) is 0 Å². The molecule has 1 aliphatic carbocycles. The highest BCUT2D eigenvalue weighted by Crippen LogP contribution is 2.14. The van der Waals surface area contributed by atoms with Crippen molar-refractivity contribution in [2.45, 2.75) is 44.9 Å². The maximum atomic E-state index is 10.2. The smallest absolute Gasteiger partial charge is 0.217 e. The van der Waals surface area contributed by atoms with Gasteiger partial charge in [0.15, 0.2) is 0 Å². The van der Waals surface area contributed by atoms with E-state index in [4.69, 9.17) is 11.5 Å². The van der Waals surface area contributed by atoms with Crippen molar-refractivity contribution in [3.05, 3.63) is 0 Å².